The molecule has 11 heteroatoms. The van der Waals surface area contributed by atoms with Crippen LogP contribution in [0.2, 0.25) is 0 Å². The molecule has 0 radical (unpaired) electrons. The number of aliphatic hydroxyl groups is 1. The van der Waals surface area contributed by atoms with Gasteiger partial charge < -0.3 is 10.2 Å². The smallest absolute Gasteiger partial charge is 0.420 e. The maximum atomic E-state index is 14.5. The molecule has 3 amide bonds. The summed E-state index contributed by atoms with van der Waals surface area (Å²) in [5.41, 5.74) is 3.09. The minimum atomic E-state index is -3.97. The third-order valence-electron chi connectivity index (χ3n) is 6.57. The number of hydrogen-bond donors (Lipinski definition) is 2. The largest absolute Gasteiger partial charge is 0.464 e. The number of aromatic nitrogens is 1. The van der Waals surface area contributed by atoms with Crippen molar-refractivity contribution in [2.45, 2.75) is 88.5 Å². The molecule has 4 rings (SSSR count). The number of aryl methyl sites for hydroxylation is 2. The van der Waals surface area contributed by atoms with Crippen LogP contribution in [0.4, 0.5) is 15.3 Å². The van der Waals surface area contributed by atoms with Gasteiger partial charge in [0.2, 0.25) is 0 Å². The van der Waals surface area contributed by atoms with Gasteiger partial charge in [-0.15, -0.1) is 15.7 Å². The van der Waals surface area contributed by atoms with E-state index in [0.29, 0.717) is 0 Å². The van der Waals surface area contributed by atoms with Gasteiger partial charge in [0.25, 0.3) is 0 Å². The minimum absolute atomic E-state index is 0.00206. The van der Waals surface area contributed by atoms with E-state index in [2.05, 4.69) is 15.4 Å². The maximum Gasteiger partial charge on any atom is 0.420 e. The molecule has 0 spiro atoms. The fourth-order valence-electron chi connectivity index (χ4n) is 5.06. The predicted molar refractivity (Wildman–Crippen MR) is 140 cm³/mol. The maximum absolute atomic E-state index is 14.5. The third kappa shape index (κ3) is 4.64. The normalized spacial score (nSPS) is 16.8. The molecule has 2 N–H and O–H groups in total. The van der Waals surface area contributed by atoms with Crippen LogP contribution < -0.4 is 4.90 Å². The molecular formula is C25H34N4O5S2. The van der Waals surface area contributed by atoms with Crippen LogP contribution in [0, 0.1) is 0 Å². The van der Waals surface area contributed by atoms with Crippen LogP contribution in [0.1, 0.15) is 74.7 Å². The van der Waals surface area contributed by atoms with Crippen molar-refractivity contribution >= 4 is 39.1 Å². The first-order valence-electron chi connectivity index (χ1n) is 12.1. The van der Waals surface area contributed by atoms with E-state index < -0.39 is 33.2 Å². The molecule has 0 aliphatic heterocycles. The van der Waals surface area contributed by atoms with E-state index in [9.17, 15) is 24.0 Å². The number of carboxylic acid groups (broad SMARTS) is 1. The molecule has 1 aromatic carbocycles. The number of urea groups is 1. The van der Waals surface area contributed by atoms with Gasteiger partial charge in [-0.3, -0.25) is 4.90 Å². The fraction of sp³-hybridized carbons (Fsp3) is 0.560. The molecule has 1 atom stereocenters. The van der Waals surface area contributed by atoms with E-state index >= 15 is 0 Å². The number of thiazole rings is 1. The number of amides is 3. The molecule has 1 aromatic heterocycles. The summed E-state index contributed by atoms with van der Waals surface area (Å²) in [6, 6.07) is 1.48. The molecule has 0 saturated heterocycles. The number of anilines is 1. The lowest BCUT2D eigenvalue weighted by molar-refractivity contribution is 0.0782. The molecule has 2 aliphatic carbocycles. The van der Waals surface area contributed by atoms with E-state index in [0.717, 1.165) is 71.0 Å². The van der Waals surface area contributed by atoms with Crippen LogP contribution in [0.3, 0.4) is 0 Å². The van der Waals surface area contributed by atoms with Crippen LogP contribution in [0.15, 0.2) is 20.8 Å². The average molecular weight is 535 g/mol. The summed E-state index contributed by atoms with van der Waals surface area (Å²) in [7, 11) is -2.35. The monoisotopic (exact) mass is 534 g/mol. The van der Waals surface area contributed by atoms with Crippen LogP contribution in [-0.2, 0) is 41.2 Å². The SMILES string of the molecule is CN(C(=O)N=S(=O)(c1cnc(C(C)(C)O)s1)N(C(=O)O)C(C)(C)C)c1c2c(cc3c1CCC3)CCC2. The van der Waals surface area contributed by atoms with Gasteiger partial charge in [0, 0.05) is 7.05 Å². The molecule has 0 fully saturated rings. The van der Waals surface area contributed by atoms with Crippen LogP contribution in [-0.4, -0.2) is 48.4 Å². The Morgan fingerprint density at radius 3 is 2.06 bits per heavy atom. The second kappa shape index (κ2) is 9.11. The van der Waals surface area contributed by atoms with Gasteiger partial charge in [-0.05, 0) is 95.4 Å². The van der Waals surface area contributed by atoms with Crippen molar-refractivity contribution in [3.8, 4) is 0 Å². The zero-order valence-electron chi connectivity index (χ0n) is 21.6. The first-order valence-corrected chi connectivity index (χ1v) is 14.4. The summed E-state index contributed by atoms with van der Waals surface area (Å²) in [5, 5.41) is 20.7. The molecule has 1 unspecified atom stereocenters. The number of fused-ring (bicyclic) bond motifs is 2. The highest BCUT2D eigenvalue weighted by Gasteiger charge is 2.40. The van der Waals surface area contributed by atoms with Crippen molar-refractivity contribution in [1.29, 1.82) is 0 Å². The van der Waals surface area contributed by atoms with Crippen molar-refractivity contribution in [3.05, 3.63) is 39.5 Å². The van der Waals surface area contributed by atoms with Gasteiger partial charge in [0.1, 0.15) is 14.8 Å². The van der Waals surface area contributed by atoms with Gasteiger partial charge in [0.15, 0.2) is 9.92 Å². The molecule has 196 valence electrons. The van der Waals surface area contributed by atoms with E-state index in [1.807, 2.05) is 0 Å². The topological polar surface area (TPSA) is 123 Å². The summed E-state index contributed by atoms with van der Waals surface area (Å²) in [6.07, 6.45) is 5.45. The number of hydrogen-bond acceptors (Lipinski definition) is 6. The molecule has 2 aliphatic rings. The van der Waals surface area contributed by atoms with E-state index in [-0.39, 0.29) is 9.22 Å². The van der Waals surface area contributed by atoms with Crippen molar-refractivity contribution in [1.82, 2.24) is 9.29 Å². The van der Waals surface area contributed by atoms with Crippen molar-refractivity contribution in [2.75, 3.05) is 11.9 Å². The van der Waals surface area contributed by atoms with Crippen molar-refractivity contribution in [2.24, 2.45) is 4.36 Å². The Labute approximate surface area is 216 Å². The summed E-state index contributed by atoms with van der Waals surface area (Å²) < 4.78 is 19.4. The molecule has 0 bridgehead atoms. The lowest BCUT2D eigenvalue weighted by atomic mass is 9.98. The van der Waals surface area contributed by atoms with Gasteiger partial charge in [-0.1, -0.05) is 6.07 Å². The minimum Gasteiger partial charge on any atom is -0.464 e. The second-order valence-corrected chi connectivity index (χ2v) is 14.2. The van der Waals surface area contributed by atoms with Crippen molar-refractivity contribution in [3.63, 3.8) is 0 Å². The lowest BCUT2D eigenvalue weighted by Crippen LogP contribution is -2.48. The number of nitrogens with zero attached hydrogens (tertiary/aromatic N) is 4. The molecule has 1 heterocycles. The van der Waals surface area contributed by atoms with Crippen LogP contribution in [0.25, 0.3) is 0 Å². The zero-order chi connectivity index (χ0) is 26.6. The molecule has 9 nitrogen and oxygen atoms in total. The average Bonchev–Trinajstić information content (AvgIpc) is 3.48. The molecule has 2 aromatic rings. The van der Waals surface area contributed by atoms with Gasteiger partial charge in [-0.2, -0.15) is 0 Å². The van der Waals surface area contributed by atoms with Gasteiger partial charge in [0.05, 0.1) is 17.4 Å². The van der Waals surface area contributed by atoms with Gasteiger partial charge >= 0.3 is 12.1 Å². The molecule has 36 heavy (non-hydrogen) atoms. The summed E-state index contributed by atoms with van der Waals surface area (Å²) in [4.78, 5) is 31.7. The Hall–Kier alpha value is -2.50. The molecular weight excluding hydrogens is 500 g/mol. The summed E-state index contributed by atoms with van der Waals surface area (Å²) in [6.45, 7) is 7.85. The Bertz CT molecular complexity index is 1310. The zero-order valence-corrected chi connectivity index (χ0v) is 23.3. The highest BCUT2D eigenvalue weighted by molar-refractivity contribution is 7.94. The number of carbonyl (C=O) groups excluding carboxylic acids is 1. The lowest BCUT2D eigenvalue weighted by Gasteiger charge is -2.34. The fourth-order valence-corrected chi connectivity index (χ4v) is 8.55. The van der Waals surface area contributed by atoms with Crippen molar-refractivity contribution < 1.29 is 24.0 Å². The number of rotatable bonds is 4. The quantitative estimate of drug-likeness (QED) is 0.561. The first kappa shape index (κ1) is 26.6. The highest BCUT2D eigenvalue weighted by atomic mass is 32.2. The Morgan fingerprint density at radius 1 is 1.06 bits per heavy atom. The highest BCUT2D eigenvalue weighted by Crippen LogP contribution is 2.41. The Balaban J connectivity index is 1.89. The Morgan fingerprint density at radius 2 is 1.61 bits per heavy atom. The molecule has 0 saturated carbocycles. The summed E-state index contributed by atoms with van der Waals surface area (Å²) >= 11 is 0.892. The summed E-state index contributed by atoms with van der Waals surface area (Å²) in [5.74, 6) is 0. The van der Waals surface area contributed by atoms with E-state index in [1.54, 1.807) is 27.8 Å². The van der Waals surface area contributed by atoms with Gasteiger partial charge in [-0.25, -0.2) is 23.1 Å². The van der Waals surface area contributed by atoms with E-state index in [4.69, 9.17) is 0 Å². The number of benzene rings is 1. The van der Waals surface area contributed by atoms with Crippen LogP contribution >= 0.6 is 11.3 Å². The second-order valence-electron chi connectivity index (χ2n) is 10.9. The number of carbonyl (C=O) groups is 2. The third-order valence-corrected chi connectivity index (χ3v) is 10.8. The standard InChI is InChI=1S/C25H34N4O5S2/c1-24(2,3)29(23(31)32)36(34,19-14-26-21(35-19)25(4,5)33)27-22(30)28(6)20-17-11-7-9-15(17)13-16-10-8-12-18(16)20/h13-14,33H,7-12H2,1-6H3,(H,31,32). The predicted octanol–water partition coefficient (Wildman–Crippen LogP) is 5.12. The Kier molecular flexibility index (Phi) is 6.72. The van der Waals surface area contributed by atoms with E-state index in [1.165, 1.54) is 36.1 Å². The van der Waals surface area contributed by atoms with Crippen LogP contribution in [0.5, 0.6) is 0 Å². The first-order chi connectivity index (χ1) is 16.6.